The molecule has 1 fully saturated rings. The lowest BCUT2D eigenvalue weighted by Crippen LogP contribution is -2.38. The van der Waals surface area contributed by atoms with E-state index in [-0.39, 0.29) is 23.4 Å². The molecule has 9 heteroatoms. The number of nitrogens with one attached hydrogen (secondary N) is 1. The van der Waals surface area contributed by atoms with Gasteiger partial charge in [-0.05, 0) is 24.0 Å². The van der Waals surface area contributed by atoms with E-state index < -0.39 is 10.0 Å². The number of sulfonamides is 1. The van der Waals surface area contributed by atoms with Crippen molar-refractivity contribution >= 4 is 15.9 Å². The van der Waals surface area contributed by atoms with E-state index in [1.807, 2.05) is 60.7 Å². The first kappa shape index (κ1) is 21.2. The largest absolute Gasteiger partial charge is 0.347 e. The van der Waals surface area contributed by atoms with Crippen molar-refractivity contribution in [1.29, 1.82) is 0 Å². The van der Waals surface area contributed by atoms with Crippen LogP contribution in [0.2, 0.25) is 0 Å². The molecular weight excluding hydrogens is 414 g/mol. The molecule has 8 nitrogen and oxygen atoms in total. The van der Waals surface area contributed by atoms with Gasteiger partial charge in [0.15, 0.2) is 5.69 Å². The monoisotopic (exact) mass is 439 g/mol. The maximum absolute atomic E-state index is 13.0. The quantitative estimate of drug-likeness (QED) is 0.580. The highest BCUT2D eigenvalue weighted by Crippen LogP contribution is 2.24. The normalized spacial score (nSPS) is 17.0. The second kappa shape index (κ2) is 9.40. The lowest BCUT2D eigenvalue weighted by atomic mass is 10.2. The van der Waals surface area contributed by atoms with Crippen LogP contribution in [0.15, 0.2) is 66.9 Å². The molecule has 1 atom stereocenters. The Balaban J connectivity index is 1.37. The molecule has 3 aromatic rings. The van der Waals surface area contributed by atoms with Gasteiger partial charge in [-0.2, -0.15) is 4.31 Å². The third-order valence-electron chi connectivity index (χ3n) is 5.34. The molecule has 1 amide bonds. The summed E-state index contributed by atoms with van der Waals surface area (Å²) in [4.78, 5) is 12.4. The Kier molecular flexibility index (Phi) is 6.43. The van der Waals surface area contributed by atoms with Gasteiger partial charge in [0.25, 0.3) is 5.91 Å². The van der Waals surface area contributed by atoms with Crippen LogP contribution in [-0.4, -0.2) is 46.2 Å². The van der Waals surface area contributed by atoms with Gasteiger partial charge in [-0.1, -0.05) is 65.9 Å². The molecule has 1 saturated heterocycles. The van der Waals surface area contributed by atoms with E-state index in [1.165, 1.54) is 0 Å². The molecule has 0 bridgehead atoms. The van der Waals surface area contributed by atoms with Crippen LogP contribution in [0, 0.1) is 0 Å². The Hall–Kier alpha value is -3.04. The highest BCUT2D eigenvalue weighted by molar-refractivity contribution is 7.88. The molecule has 1 aliphatic rings. The van der Waals surface area contributed by atoms with Crippen LogP contribution in [0.5, 0.6) is 0 Å². The number of carbonyl (C=O) groups is 1. The molecule has 1 aliphatic heterocycles. The van der Waals surface area contributed by atoms with Gasteiger partial charge in [0.05, 0.1) is 18.5 Å². The van der Waals surface area contributed by atoms with Gasteiger partial charge in [0.1, 0.15) is 0 Å². The highest BCUT2D eigenvalue weighted by Gasteiger charge is 2.34. The van der Waals surface area contributed by atoms with Crippen molar-refractivity contribution in [3.8, 4) is 0 Å². The van der Waals surface area contributed by atoms with E-state index in [0.29, 0.717) is 19.6 Å². The van der Waals surface area contributed by atoms with Crippen molar-refractivity contribution in [2.75, 3.05) is 6.54 Å². The van der Waals surface area contributed by atoms with E-state index in [9.17, 15) is 13.2 Å². The Labute approximate surface area is 181 Å². The highest BCUT2D eigenvalue weighted by atomic mass is 32.2. The number of rotatable bonds is 8. The predicted molar refractivity (Wildman–Crippen MR) is 116 cm³/mol. The summed E-state index contributed by atoms with van der Waals surface area (Å²) in [5.74, 6) is -0.329. The zero-order valence-electron chi connectivity index (χ0n) is 17.1. The summed E-state index contributed by atoms with van der Waals surface area (Å²) < 4.78 is 29.0. The van der Waals surface area contributed by atoms with Gasteiger partial charge in [-0.3, -0.25) is 9.48 Å². The number of carbonyl (C=O) groups excluding carboxylic acids is 1. The Bertz CT molecular complexity index is 1120. The lowest BCUT2D eigenvalue weighted by Gasteiger charge is -2.24. The minimum Gasteiger partial charge on any atom is -0.347 e. The van der Waals surface area contributed by atoms with Crippen molar-refractivity contribution in [2.24, 2.45) is 0 Å². The lowest BCUT2D eigenvalue weighted by molar-refractivity contribution is 0.0945. The molecule has 0 aliphatic carbocycles. The number of amides is 1. The summed E-state index contributed by atoms with van der Waals surface area (Å²) in [6.07, 6.45) is 3.13. The summed E-state index contributed by atoms with van der Waals surface area (Å²) in [5.41, 5.74) is 1.98. The van der Waals surface area contributed by atoms with Crippen molar-refractivity contribution < 1.29 is 13.2 Å². The molecule has 0 saturated carbocycles. The number of nitrogens with zero attached hydrogens (tertiary/aromatic N) is 4. The molecular formula is C22H25N5O3S. The molecule has 1 aromatic heterocycles. The standard InChI is InChI=1S/C22H25N5O3S/c28-22(23-14-18-8-3-1-4-9-18)21-16-26(25-24-21)15-20-12-7-13-27(20)31(29,30)17-19-10-5-2-6-11-19/h1-6,8-11,16,20H,7,12-15,17H2,(H,23,28). The number of hydrogen-bond donors (Lipinski definition) is 1. The molecule has 31 heavy (non-hydrogen) atoms. The first-order valence-corrected chi connectivity index (χ1v) is 11.9. The van der Waals surface area contributed by atoms with Crippen molar-refractivity contribution in [1.82, 2.24) is 24.6 Å². The van der Waals surface area contributed by atoms with Crippen LogP contribution < -0.4 is 5.32 Å². The summed E-state index contributed by atoms with van der Waals surface area (Å²) in [7, 11) is -3.44. The number of benzene rings is 2. The molecule has 0 radical (unpaired) electrons. The van der Waals surface area contributed by atoms with Crippen LogP contribution in [0.4, 0.5) is 0 Å². The summed E-state index contributed by atoms with van der Waals surface area (Å²) in [6, 6.07) is 18.6. The maximum atomic E-state index is 13.0. The van der Waals surface area contributed by atoms with Crippen LogP contribution >= 0.6 is 0 Å². The molecule has 162 valence electrons. The second-order valence-corrected chi connectivity index (χ2v) is 9.56. The Morgan fingerprint density at radius 1 is 1.03 bits per heavy atom. The SMILES string of the molecule is O=C(NCc1ccccc1)c1cn(CC2CCCN2S(=O)(=O)Cc2ccccc2)nn1. The summed E-state index contributed by atoms with van der Waals surface area (Å²) in [5, 5.41) is 10.8. The van der Waals surface area contributed by atoms with E-state index in [0.717, 1.165) is 24.0 Å². The molecule has 1 unspecified atom stereocenters. The topological polar surface area (TPSA) is 97.2 Å². The van der Waals surface area contributed by atoms with E-state index in [2.05, 4.69) is 15.6 Å². The fraction of sp³-hybridized carbons (Fsp3) is 0.318. The number of hydrogen-bond acceptors (Lipinski definition) is 5. The number of aromatic nitrogens is 3. The third kappa shape index (κ3) is 5.36. The van der Waals surface area contributed by atoms with Crippen molar-refractivity contribution in [3.05, 3.63) is 83.7 Å². The molecule has 4 rings (SSSR count). The van der Waals surface area contributed by atoms with Crippen LogP contribution in [0.3, 0.4) is 0 Å². The van der Waals surface area contributed by atoms with Gasteiger partial charge in [-0.15, -0.1) is 5.10 Å². The van der Waals surface area contributed by atoms with Gasteiger partial charge in [0, 0.05) is 19.1 Å². The minimum absolute atomic E-state index is 0.0190. The fourth-order valence-corrected chi connectivity index (χ4v) is 5.62. The molecule has 1 N–H and O–H groups in total. The van der Waals surface area contributed by atoms with E-state index >= 15 is 0 Å². The van der Waals surface area contributed by atoms with Gasteiger partial charge in [-0.25, -0.2) is 8.42 Å². The van der Waals surface area contributed by atoms with Gasteiger partial charge in [0.2, 0.25) is 10.0 Å². The predicted octanol–water partition coefficient (Wildman–Crippen LogP) is 2.20. The minimum atomic E-state index is -3.44. The molecule has 2 heterocycles. The van der Waals surface area contributed by atoms with Crippen LogP contribution in [-0.2, 0) is 28.9 Å². The second-order valence-electron chi connectivity index (χ2n) is 7.64. The molecule has 0 spiro atoms. The van der Waals surface area contributed by atoms with Gasteiger partial charge < -0.3 is 5.32 Å². The smallest absolute Gasteiger partial charge is 0.273 e. The van der Waals surface area contributed by atoms with Crippen LogP contribution in [0.25, 0.3) is 0 Å². The average Bonchev–Trinajstić information content (AvgIpc) is 3.44. The maximum Gasteiger partial charge on any atom is 0.273 e. The van der Waals surface area contributed by atoms with Crippen LogP contribution in [0.1, 0.15) is 34.5 Å². The zero-order valence-corrected chi connectivity index (χ0v) is 17.9. The summed E-state index contributed by atoms with van der Waals surface area (Å²) >= 11 is 0. The Morgan fingerprint density at radius 2 is 1.71 bits per heavy atom. The average molecular weight is 440 g/mol. The molecule has 2 aromatic carbocycles. The van der Waals surface area contributed by atoms with E-state index in [1.54, 1.807) is 15.2 Å². The summed E-state index contributed by atoms with van der Waals surface area (Å²) in [6.45, 7) is 1.27. The first-order chi connectivity index (χ1) is 15.0. The van der Waals surface area contributed by atoms with Gasteiger partial charge >= 0.3 is 0 Å². The Morgan fingerprint density at radius 3 is 2.42 bits per heavy atom. The van der Waals surface area contributed by atoms with Crippen molar-refractivity contribution in [3.63, 3.8) is 0 Å². The van der Waals surface area contributed by atoms with E-state index in [4.69, 9.17) is 0 Å². The fourth-order valence-electron chi connectivity index (χ4n) is 3.80. The van der Waals surface area contributed by atoms with Crippen molar-refractivity contribution in [2.45, 2.75) is 37.7 Å². The zero-order chi connectivity index (χ0) is 21.7. The first-order valence-electron chi connectivity index (χ1n) is 10.3. The third-order valence-corrected chi connectivity index (χ3v) is 7.23.